The Kier molecular flexibility index (Phi) is 6.42. The lowest BCUT2D eigenvalue weighted by Crippen LogP contribution is -2.16. The van der Waals surface area contributed by atoms with Crippen molar-refractivity contribution in [2.75, 3.05) is 13.7 Å². The first-order valence-corrected chi connectivity index (χ1v) is 7.75. The summed E-state index contributed by atoms with van der Waals surface area (Å²) in [5, 5.41) is 1.04. The van der Waals surface area contributed by atoms with Crippen molar-refractivity contribution >= 4 is 29.2 Å². The smallest absolute Gasteiger partial charge is 0.337 e. The maximum absolute atomic E-state index is 11.4. The van der Waals surface area contributed by atoms with Crippen molar-refractivity contribution in [3.63, 3.8) is 0 Å². The van der Waals surface area contributed by atoms with Gasteiger partial charge in [-0.25, -0.2) is 4.79 Å². The van der Waals surface area contributed by atoms with Gasteiger partial charge in [0.1, 0.15) is 0 Å². The highest BCUT2D eigenvalue weighted by atomic mass is 35.5. The molecule has 0 aromatic heterocycles. The van der Waals surface area contributed by atoms with Crippen molar-refractivity contribution in [1.82, 2.24) is 0 Å². The van der Waals surface area contributed by atoms with E-state index in [2.05, 4.69) is 4.74 Å². The number of methoxy groups -OCH3 is 1. The van der Waals surface area contributed by atoms with Crippen LogP contribution in [0.1, 0.15) is 27.6 Å². The zero-order chi connectivity index (χ0) is 16.8. The molecule has 0 amide bonds. The largest absolute Gasteiger partial charge is 0.465 e. The molecule has 0 heterocycles. The first-order chi connectivity index (χ1) is 11.1. The van der Waals surface area contributed by atoms with E-state index in [1.54, 1.807) is 42.5 Å². The van der Waals surface area contributed by atoms with Crippen LogP contribution < -0.4 is 5.73 Å². The minimum absolute atomic E-state index is 0.254. The third-order valence-corrected chi connectivity index (χ3v) is 4.02. The molecule has 2 rings (SSSR count). The highest BCUT2D eigenvalue weighted by Gasteiger charge is 2.17. The number of hydrogen-bond acceptors (Lipinski definition) is 4. The molecule has 23 heavy (non-hydrogen) atoms. The van der Waals surface area contributed by atoms with Crippen LogP contribution in [-0.2, 0) is 16.1 Å². The zero-order valence-electron chi connectivity index (χ0n) is 12.6. The first-order valence-electron chi connectivity index (χ1n) is 6.99. The van der Waals surface area contributed by atoms with Crippen LogP contribution in [0.5, 0.6) is 0 Å². The fourth-order valence-corrected chi connectivity index (χ4v) is 2.78. The summed E-state index contributed by atoms with van der Waals surface area (Å²) in [7, 11) is 1.35. The molecule has 0 fully saturated rings. The number of benzene rings is 2. The van der Waals surface area contributed by atoms with Crippen LogP contribution in [-0.4, -0.2) is 19.6 Å². The average molecular weight is 354 g/mol. The first kappa shape index (κ1) is 17.8. The van der Waals surface area contributed by atoms with Crippen LogP contribution in [0.4, 0.5) is 0 Å². The Morgan fingerprint density at radius 3 is 2.26 bits per heavy atom. The molecule has 2 N–H and O–H groups in total. The SMILES string of the molecule is COC(=O)c1ccc(COC(CN)c2c(Cl)cccc2Cl)cc1. The molecule has 0 spiro atoms. The topological polar surface area (TPSA) is 61.5 Å². The number of ether oxygens (including phenoxy) is 2. The predicted molar refractivity (Wildman–Crippen MR) is 90.8 cm³/mol. The molecule has 0 radical (unpaired) electrons. The second-order valence-electron chi connectivity index (χ2n) is 4.86. The van der Waals surface area contributed by atoms with Gasteiger partial charge in [0.2, 0.25) is 0 Å². The van der Waals surface area contributed by atoms with Gasteiger partial charge in [-0.3, -0.25) is 0 Å². The second-order valence-corrected chi connectivity index (χ2v) is 5.67. The number of carbonyl (C=O) groups excluding carboxylic acids is 1. The van der Waals surface area contributed by atoms with Gasteiger partial charge in [-0.05, 0) is 29.8 Å². The lowest BCUT2D eigenvalue weighted by molar-refractivity contribution is 0.0457. The van der Waals surface area contributed by atoms with Crippen molar-refractivity contribution < 1.29 is 14.3 Å². The zero-order valence-corrected chi connectivity index (χ0v) is 14.1. The van der Waals surface area contributed by atoms with E-state index in [4.69, 9.17) is 33.7 Å². The fraction of sp³-hybridized carbons (Fsp3) is 0.235. The Morgan fingerprint density at radius 1 is 1.13 bits per heavy atom. The molecule has 0 aliphatic heterocycles. The van der Waals surface area contributed by atoms with Gasteiger partial charge >= 0.3 is 5.97 Å². The van der Waals surface area contributed by atoms with Crippen LogP contribution in [0.25, 0.3) is 0 Å². The third kappa shape index (κ3) is 4.45. The quantitative estimate of drug-likeness (QED) is 0.797. The van der Waals surface area contributed by atoms with Gasteiger partial charge in [0.15, 0.2) is 0 Å². The summed E-state index contributed by atoms with van der Waals surface area (Å²) in [6.45, 7) is 0.578. The summed E-state index contributed by atoms with van der Waals surface area (Å²) in [6, 6.07) is 12.2. The maximum atomic E-state index is 11.4. The van der Waals surface area contributed by atoms with Crippen molar-refractivity contribution in [3.8, 4) is 0 Å². The molecule has 122 valence electrons. The van der Waals surface area contributed by atoms with Gasteiger partial charge in [-0.2, -0.15) is 0 Å². The van der Waals surface area contributed by atoms with E-state index in [-0.39, 0.29) is 12.5 Å². The maximum Gasteiger partial charge on any atom is 0.337 e. The molecule has 1 atom stereocenters. The Balaban J connectivity index is 2.07. The minimum atomic E-state index is -0.406. The van der Waals surface area contributed by atoms with E-state index >= 15 is 0 Å². The molecular formula is C17H17Cl2NO3. The monoisotopic (exact) mass is 353 g/mol. The van der Waals surface area contributed by atoms with Gasteiger partial charge in [-0.15, -0.1) is 0 Å². The normalized spacial score (nSPS) is 12.0. The number of nitrogens with two attached hydrogens (primary N) is 1. The van der Waals surface area contributed by atoms with Gasteiger partial charge < -0.3 is 15.2 Å². The Morgan fingerprint density at radius 2 is 1.74 bits per heavy atom. The molecule has 0 aliphatic carbocycles. The van der Waals surface area contributed by atoms with Gasteiger partial charge in [0.05, 0.1) is 25.4 Å². The number of carbonyl (C=O) groups is 1. The van der Waals surface area contributed by atoms with E-state index in [9.17, 15) is 4.79 Å². The van der Waals surface area contributed by atoms with E-state index in [0.717, 1.165) is 5.56 Å². The molecule has 2 aromatic rings. The van der Waals surface area contributed by atoms with Crippen LogP contribution in [0, 0.1) is 0 Å². The van der Waals surface area contributed by atoms with E-state index in [1.807, 2.05) is 0 Å². The molecular weight excluding hydrogens is 337 g/mol. The second kappa shape index (κ2) is 8.31. The number of esters is 1. The Bertz CT molecular complexity index is 654. The molecule has 0 saturated heterocycles. The predicted octanol–water partition coefficient (Wildman–Crippen LogP) is 4.00. The van der Waals surface area contributed by atoms with Crippen molar-refractivity contribution in [1.29, 1.82) is 0 Å². The standard InChI is InChI=1S/C17H17Cl2NO3/c1-22-17(21)12-7-5-11(6-8-12)10-23-15(9-20)16-13(18)3-2-4-14(16)19/h2-8,15H,9-10,20H2,1H3. The molecule has 4 nitrogen and oxygen atoms in total. The molecule has 1 unspecified atom stereocenters. The third-order valence-electron chi connectivity index (χ3n) is 3.36. The van der Waals surface area contributed by atoms with Gasteiger partial charge in [-0.1, -0.05) is 41.4 Å². The summed E-state index contributed by atoms with van der Waals surface area (Å²) >= 11 is 12.4. The van der Waals surface area contributed by atoms with Crippen molar-refractivity contribution in [2.24, 2.45) is 5.73 Å². The Labute approximate surface area is 145 Å². The van der Waals surface area contributed by atoms with Crippen LogP contribution in [0.15, 0.2) is 42.5 Å². The average Bonchev–Trinajstić information content (AvgIpc) is 2.57. The summed E-state index contributed by atoms with van der Waals surface area (Å²) in [5.41, 5.74) is 7.86. The molecule has 2 aromatic carbocycles. The Hall–Kier alpha value is -1.59. The molecule has 0 saturated carbocycles. The summed E-state index contributed by atoms with van der Waals surface area (Å²) in [5.74, 6) is -0.375. The van der Waals surface area contributed by atoms with Crippen LogP contribution in [0.2, 0.25) is 10.0 Å². The van der Waals surface area contributed by atoms with Crippen LogP contribution in [0.3, 0.4) is 0 Å². The minimum Gasteiger partial charge on any atom is -0.465 e. The molecule has 0 aliphatic rings. The van der Waals surface area contributed by atoms with E-state index in [1.165, 1.54) is 7.11 Å². The molecule has 6 heteroatoms. The number of hydrogen-bond donors (Lipinski definition) is 1. The van der Waals surface area contributed by atoms with Gasteiger partial charge in [0, 0.05) is 22.2 Å². The van der Waals surface area contributed by atoms with Crippen molar-refractivity contribution in [2.45, 2.75) is 12.7 Å². The lowest BCUT2D eigenvalue weighted by atomic mass is 10.1. The summed E-state index contributed by atoms with van der Waals surface area (Å²) in [6.07, 6.45) is -0.406. The number of halogens is 2. The highest BCUT2D eigenvalue weighted by molar-refractivity contribution is 6.36. The number of rotatable bonds is 6. The van der Waals surface area contributed by atoms with Crippen LogP contribution >= 0.6 is 23.2 Å². The molecule has 0 bridgehead atoms. The fourth-order valence-electron chi connectivity index (χ4n) is 2.14. The summed E-state index contributed by atoms with van der Waals surface area (Å²) < 4.78 is 10.5. The van der Waals surface area contributed by atoms with E-state index in [0.29, 0.717) is 27.8 Å². The van der Waals surface area contributed by atoms with Crippen molar-refractivity contribution in [3.05, 3.63) is 69.2 Å². The van der Waals surface area contributed by atoms with Gasteiger partial charge in [0.25, 0.3) is 0 Å². The van der Waals surface area contributed by atoms with E-state index < -0.39 is 6.10 Å². The summed E-state index contributed by atoms with van der Waals surface area (Å²) in [4.78, 5) is 11.4. The highest BCUT2D eigenvalue weighted by Crippen LogP contribution is 2.32. The lowest BCUT2D eigenvalue weighted by Gasteiger charge is -2.19.